The van der Waals surface area contributed by atoms with Crippen LogP contribution in [-0.2, 0) is 44.0 Å². The Balaban J connectivity index is 1.47. The lowest BCUT2D eigenvalue weighted by Crippen LogP contribution is -2.38. The average molecular weight is 556 g/mol. The summed E-state index contributed by atoms with van der Waals surface area (Å²) in [7, 11) is 1.80. The Bertz CT molecular complexity index is 1250. The number of aliphatic hydroxyl groups is 1. The number of benzene rings is 2. The Morgan fingerprint density at radius 2 is 1.77 bits per heavy atom. The predicted molar refractivity (Wildman–Crippen MR) is 142 cm³/mol. The van der Waals surface area contributed by atoms with E-state index in [9.17, 15) is 14.7 Å². The molecule has 5 atom stereocenters. The van der Waals surface area contributed by atoms with Gasteiger partial charge in [-0.1, -0.05) is 67.2 Å². The van der Waals surface area contributed by atoms with Gasteiger partial charge in [-0.05, 0) is 34.0 Å². The molecule has 39 heavy (non-hydrogen) atoms. The van der Waals surface area contributed by atoms with Crippen molar-refractivity contribution in [2.45, 2.75) is 63.7 Å². The highest BCUT2D eigenvalue weighted by Gasteiger charge is 2.38. The van der Waals surface area contributed by atoms with E-state index in [1.165, 1.54) is 25.6 Å². The monoisotopic (exact) mass is 555 g/mol. The fourth-order valence-corrected chi connectivity index (χ4v) is 5.25. The minimum absolute atomic E-state index is 0.0203. The van der Waals surface area contributed by atoms with E-state index in [4.69, 9.17) is 14.2 Å². The Morgan fingerprint density at radius 3 is 2.38 bits per heavy atom. The molecule has 2 N–H and O–H groups in total. The largest absolute Gasteiger partial charge is 0.453 e. The molecule has 2 heterocycles. The number of amides is 1. The maximum atomic E-state index is 12.2. The number of nitrogens with zero attached hydrogens (tertiary/aromatic N) is 4. The summed E-state index contributed by atoms with van der Waals surface area (Å²) in [6, 6.07) is 15.4. The molecule has 0 unspecified atom stereocenters. The van der Waals surface area contributed by atoms with Gasteiger partial charge in [0.1, 0.15) is 0 Å². The van der Waals surface area contributed by atoms with Crippen LogP contribution in [0.4, 0.5) is 0 Å². The predicted octanol–water partition coefficient (Wildman–Crippen LogP) is 2.85. The van der Waals surface area contributed by atoms with Crippen molar-refractivity contribution in [2.24, 2.45) is 13.0 Å². The number of thioether (sulfide) groups is 1. The number of nitrogens with one attached hydrogen (secondary N) is 1. The van der Waals surface area contributed by atoms with Gasteiger partial charge in [0.25, 0.3) is 5.91 Å². The number of aryl methyl sites for hydroxylation is 1. The first-order chi connectivity index (χ1) is 18.7. The minimum Gasteiger partial charge on any atom is -0.453 e. The van der Waals surface area contributed by atoms with Gasteiger partial charge in [-0.2, -0.15) is 0 Å². The topological polar surface area (TPSA) is 138 Å². The molecule has 1 saturated heterocycles. The third-order valence-corrected chi connectivity index (χ3v) is 7.61. The number of tetrazole rings is 1. The van der Waals surface area contributed by atoms with E-state index in [2.05, 4.69) is 27.8 Å². The van der Waals surface area contributed by atoms with Crippen molar-refractivity contribution in [1.29, 1.82) is 0 Å². The van der Waals surface area contributed by atoms with Crippen molar-refractivity contribution >= 4 is 23.6 Å². The van der Waals surface area contributed by atoms with Crippen molar-refractivity contribution in [1.82, 2.24) is 25.5 Å². The van der Waals surface area contributed by atoms with Crippen molar-refractivity contribution in [3.8, 4) is 0 Å². The van der Waals surface area contributed by atoms with E-state index in [1.807, 2.05) is 48.5 Å². The Labute approximate surface area is 231 Å². The second-order valence-corrected chi connectivity index (χ2v) is 10.4. The molecular formula is C27H33N5O6S. The number of carbonyl (C=O) groups is 2. The van der Waals surface area contributed by atoms with Crippen molar-refractivity contribution in [3.63, 3.8) is 0 Å². The number of carbonyl (C=O) groups excluding carboxylic acids is 2. The van der Waals surface area contributed by atoms with E-state index >= 15 is 0 Å². The van der Waals surface area contributed by atoms with Crippen LogP contribution in [0.5, 0.6) is 0 Å². The Hall–Kier alpha value is -3.32. The molecule has 1 aromatic heterocycles. The smallest absolute Gasteiger partial charge is 0.303 e. The zero-order chi connectivity index (χ0) is 27.9. The lowest BCUT2D eigenvalue weighted by atomic mass is 9.91. The van der Waals surface area contributed by atoms with Gasteiger partial charge in [-0.15, -0.1) is 5.10 Å². The molecule has 4 rings (SSSR count). The Morgan fingerprint density at radius 1 is 1.10 bits per heavy atom. The molecule has 1 aliphatic heterocycles. The lowest BCUT2D eigenvalue weighted by Gasteiger charge is -2.41. The number of hydrogen-bond donors (Lipinski definition) is 2. The highest BCUT2D eigenvalue weighted by molar-refractivity contribution is 7.99. The molecule has 208 valence electrons. The van der Waals surface area contributed by atoms with E-state index in [0.717, 1.165) is 22.3 Å². The maximum Gasteiger partial charge on any atom is 0.303 e. The van der Waals surface area contributed by atoms with Gasteiger partial charge in [0.05, 0.1) is 18.8 Å². The van der Waals surface area contributed by atoms with Crippen LogP contribution in [0.25, 0.3) is 0 Å². The lowest BCUT2D eigenvalue weighted by molar-refractivity contribution is -0.268. The first-order valence-electron chi connectivity index (χ1n) is 12.6. The average Bonchev–Trinajstić information content (AvgIpc) is 3.35. The number of aromatic nitrogens is 4. The summed E-state index contributed by atoms with van der Waals surface area (Å²) in [5.74, 6) is -0.207. The van der Waals surface area contributed by atoms with Gasteiger partial charge in [-0.25, -0.2) is 4.68 Å². The molecule has 3 aromatic rings. The normalized spacial score (nSPS) is 21.8. The SMILES string of the molecule is CC(=O)O[C@@H](C)C(=O)NCc1ccc([C@H]2O[C@@H](CSc3nnnn3C)[C@@H](C)[C@@H](c3ccc(CO)cc3)O2)cc1. The summed E-state index contributed by atoms with van der Waals surface area (Å²) < 4.78 is 19.5. The van der Waals surface area contributed by atoms with Crippen LogP contribution in [-0.4, -0.2) is 55.2 Å². The standard InChI is InChI=1S/C27H33N5O6S/c1-16-23(15-39-27-29-30-31-32(27)4)37-26(38-24(16)21-9-7-20(14-33)8-10-21)22-11-5-19(6-12-22)13-28-25(35)17(2)36-18(3)34/h5-12,16-17,23-24,26,33H,13-15H2,1-4H3,(H,28,35)/t16-,17+,23+,24+,26+/m1/s1. The van der Waals surface area contributed by atoms with Crippen LogP contribution in [0.2, 0.25) is 0 Å². The molecule has 2 aromatic carbocycles. The molecule has 1 fully saturated rings. The third-order valence-electron chi connectivity index (χ3n) is 6.51. The van der Waals surface area contributed by atoms with Gasteiger partial charge in [-0.3, -0.25) is 9.59 Å². The summed E-state index contributed by atoms with van der Waals surface area (Å²) in [6.45, 7) is 5.17. The van der Waals surface area contributed by atoms with Crippen molar-refractivity contribution in [2.75, 3.05) is 5.75 Å². The number of esters is 1. The van der Waals surface area contributed by atoms with Crippen LogP contribution in [0.3, 0.4) is 0 Å². The number of ether oxygens (including phenoxy) is 3. The van der Waals surface area contributed by atoms with Crippen molar-refractivity contribution in [3.05, 3.63) is 70.8 Å². The minimum atomic E-state index is -0.858. The zero-order valence-corrected chi connectivity index (χ0v) is 23.1. The maximum absolute atomic E-state index is 12.2. The van der Waals surface area contributed by atoms with Crippen LogP contribution in [0.15, 0.2) is 53.7 Å². The van der Waals surface area contributed by atoms with Crippen LogP contribution < -0.4 is 5.32 Å². The summed E-state index contributed by atoms with van der Waals surface area (Å²) in [5, 5.41) is 24.6. The highest BCUT2D eigenvalue weighted by atomic mass is 32.2. The second kappa shape index (κ2) is 13.2. The second-order valence-electron chi connectivity index (χ2n) is 9.43. The first-order valence-corrected chi connectivity index (χ1v) is 13.6. The van der Waals surface area contributed by atoms with Gasteiger partial charge in [0.15, 0.2) is 12.4 Å². The van der Waals surface area contributed by atoms with Gasteiger partial charge < -0.3 is 24.6 Å². The Kier molecular flexibility index (Phi) is 9.68. The summed E-state index contributed by atoms with van der Waals surface area (Å²) in [4.78, 5) is 23.2. The molecule has 12 heteroatoms. The molecule has 1 aliphatic rings. The van der Waals surface area contributed by atoms with E-state index < -0.39 is 18.4 Å². The third kappa shape index (κ3) is 7.41. The summed E-state index contributed by atoms with van der Waals surface area (Å²) in [6.07, 6.45) is -1.86. The zero-order valence-electron chi connectivity index (χ0n) is 22.3. The van der Waals surface area contributed by atoms with Gasteiger partial charge in [0, 0.05) is 37.8 Å². The number of hydrogen-bond acceptors (Lipinski definition) is 10. The van der Waals surface area contributed by atoms with Crippen LogP contribution in [0.1, 0.15) is 55.4 Å². The van der Waals surface area contributed by atoms with E-state index in [0.29, 0.717) is 17.5 Å². The molecule has 0 aliphatic carbocycles. The molecular weight excluding hydrogens is 522 g/mol. The summed E-state index contributed by atoms with van der Waals surface area (Å²) in [5.41, 5.74) is 3.56. The van der Waals surface area contributed by atoms with Crippen LogP contribution in [0, 0.1) is 5.92 Å². The first kappa shape index (κ1) is 28.7. The highest BCUT2D eigenvalue weighted by Crippen LogP contribution is 2.42. The molecule has 11 nitrogen and oxygen atoms in total. The summed E-state index contributed by atoms with van der Waals surface area (Å²) >= 11 is 1.52. The van der Waals surface area contributed by atoms with Crippen LogP contribution >= 0.6 is 11.8 Å². The molecule has 0 spiro atoms. The van der Waals surface area contributed by atoms with E-state index in [1.54, 1.807) is 11.7 Å². The van der Waals surface area contributed by atoms with Gasteiger partial charge >= 0.3 is 5.97 Å². The molecule has 0 saturated carbocycles. The fraction of sp³-hybridized carbons (Fsp3) is 0.444. The van der Waals surface area contributed by atoms with Crippen molar-refractivity contribution < 1.29 is 28.9 Å². The molecule has 1 amide bonds. The fourth-order valence-electron chi connectivity index (χ4n) is 4.24. The number of aliphatic hydroxyl groups excluding tert-OH is 1. The van der Waals surface area contributed by atoms with Gasteiger partial charge in [0.2, 0.25) is 5.16 Å². The quantitative estimate of drug-likeness (QED) is 0.284. The molecule has 0 bridgehead atoms. The molecule has 0 radical (unpaired) electrons. The number of rotatable bonds is 10. The van der Waals surface area contributed by atoms with E-state index in [-0.39, 0.29) is 30.6 Å².